The van der Waals surface area contributed by atoms with Crippen LogP contribution in [0.1, 0.15) is 10.5 Å². The van der Waals surface area contributed by atoms with Gasteiger partial charge in [-0.1, -0.05) is 0 Å². The summed E-state index contributed by atoms with van der Waals surface area (Å²) in [5.41, 5.74) is 8.93. The third-order valence-corrected chi connectivity index (χ3v) is 4.74. The summed E-state index contributed by atoms with van der Waals surface area (Å²) in [5.74, 6) is -2.35. The topological polar surface area (TPSA) is 151 Å². The van der Waals surface area contributed by atoms with E-state index in [1.54, 1.807) is 0 Å². The van der Waals surface area contributed by atoms with Crippen LogP contribution in [0.3, 0.4) is 0 Å². The highest BCUT2D eigenvalue weighted by Gasteiger charge is 2.21. The molecule has 9 nitrogen and oxygen atoms in total. The zero-order valence-corrected chi connectivity index (χ0v) is 13.4. The van der Waals surface area contributed by atoms with Crippen molar-refractivity contribution in [2.75, 3.05) is 12.3 Å². The zero-order chi connectivity index (χ0) is 18.6. The summed E-state index contributed by atoms with van der Waals surface area (Å²) in [6.45, 7) is -0.835. The van der Waals surface area contributed by atoms with Crippen molar-refractivity contribution in [3.8, 4) is 0 Å². The molecule has 0 aliphatic heterocycles. The lowest BCUT2D eigenvalue weighted by Crippen LogP contribution is -2.43. The highest BCUT2D eigenvalue weighted by Crippen LogP contribution is 2.23. The van der Waals surface area contributed by atoms with Gasteiger partial charge in [0, 0.05) is 6.20 Å². The molecule has 5 N–H and O–H groups in total. The van der Waals surface area contributed by atoms with Crippen LogP contribution >= 0.6 is 0 Å². The number of pyridine rings is 1. The second-order valence-corrected chi connectivity index (χ2v) is 6.68. The van der Waals surface area contributed by atoms with Gasteiger partial charge in [0.05, 0.1) is 15.5 Å². The van der Waals surface area contributed by atoms with Crippen LogP contribution in [0.4, 0.5) is 10.1 Å². The average Bonchev–Trinajstić information content (AvgIpc) is 2.59. The van der Waals surface area contributed by atoms with Crippen LogP contribution in [0.25, 0.3) is 0 Å². The molecule has 0 spiro atoms. The number of nitrogens with one attached hydrogen (secondary N) is 2. The van der Waals surface area contributed by atoms with Gasteiger partial charge < -0.3 is 10.8 Å². The SMILES string of the molecule is Nc1cc(S(=O)(=O)c2ccc(F)cc2)cnc1C(=O)NNC(=O)CO. The van der Waals surface area contributed by atoms with E-state index in [1.807, 2.05) is 10.9 Å². The van der Waals surface area contributed by atoms with Gasteiger partial charge in [-0.15, -0.1) is 0 Å². The number of hydrogen-bond acceptors (Lipinski definition) is 7. The molecule has 11 heteroatoms. The Morgan fingerprint density at radius 2 is 1.80 bits per heavy atom. The van der Waals surface area contributed by atoms with Gasteiger partial charge in [0.2, 0.25) is 9.84 Å². The van der Waals surface area contributed by atoms with Crippen molar-refractivity contribution in [3.63, 3.8) is 0 Å². The number of amides is 2. The Morgan fingerprint density at radius 1 is 1.16 bits per heavy atom. The molecule has 0 saturated heterocycles. The molecule has 25 heavy (non-hydrogen) atoms. The summed E-state index contributed by atoms with van der Waals surface area (Å²) in [6.07, 6.45) is 0.915. The zero-order valence-electron chi connectivity index (χ0n) is 12.6. The number of rotatable bonds is 4. The molecule has 0 aliphatic rings. The molecule has 0 aliphatic carbocycles. The first-order valence-corrected chi connectivity index (χ1v) is 8.20. The van der Waals surface area contributed by atoms with E-state index in [9.17, 15) is 22.4 Å². The van der Waals surface area contributed by atoms with E-state index >= 15 is 0 Å². The molecular weight excluding hydrogens is 355 g/mol. The number of nitrogens with zero attached hydrogens (tertiary/aromatic N) is 1. The fourth-order valence-electron chi connectivity index (χ4n) is 1.77. The first kappa shape index (κ1) is 18.3. The number of aliphatic hydroxyl groups is 1. The maximum absolute atomic E-state index is 12.9. The van der Waals surface area contributed by atoms with Crippen LogP contribution in [0.5, 0.6) is 0 Å². The molecular formula is C14H13FN4O5S. The Morgan fingerprint density at radius 3 is 2.36 bits per heavy atom. The number of nitrogen functional groups attached to an aromatic ring is 1. The number of benzene rings is 1. The Hall–Kier alpha value is -3.05. The van der Waals surface area contributed by atoms with Crippen molar-refractivity contribution in [1.82, 2.24) is 15.8 Å². The summed E-state index contributed by atoms with van der Waals surface area (Å²) in [7, 11) is -3.99. The molecule has 0 saturated carbocycles. The summed E-state index contributed by atoms with van der Waals surface area (Å²) < 4.78 is 37.8. The number of carbonyl (C=O) groups excluding carboxylic acids is 2. The number of halogens is 1. The van der Waals surface area contributed by atoms with Crippen LogP contribution in [-0.4, -0.2) is 36.9 Å². The molecule has 2 rings (SSSR count). The van der Waals surface area contributed by atoms with Crippen molar-refractivity contribution in [1.29, 1.82) is 0 Å². The lowest BCUT2D eigenvalue weighted by Gasteiger charge is -2.09. The second kappa shape index (κ2) is 7.23. The molecule has 0 atom stereocenters. The number of aromatic nitrogens is 1. The number of anilines is 1. The van der Waals surface area contributed by atoms with E-state index in [2.05, 4.69) is 4.98 Å². The minimum absolute atomic E-state index is 0.164. The normalized spacial score (nSPS) is 11.0. The Kier molecular flexibility index (Phi) is 5.29. The first-order valence-electron chi connectivity index (χ1n) is 6.72. The average molecular weight is 368 g/mol. The third kappa shape index (κ3) is 4.08. The molecule has 1 heterocycles. The number of carbonyl (C=O) groups is 2. The standard InChI is InChI=1S/C14H13FN4O5S/c15-8-1-3-9(4-2-8)25(23,24)10-5-11(16)13(17-6-10)14(22)19-18-12(21)7-20/h1-6,20H,7,16H2,(H,18,21)(H,19,22). The van der Waals surface area contributed by atoms with Crippen molar-refractivity contribution in [2.24, 2.45) is 0 Å². The first-order chi connectivity index (χ1) is 11.8. The van der Waals surface area contributed by atoms with Crippen LogP contribution in [0, 0.1) is 5.82 Å². The summed E-state index contributed by atoms with van der Waals surface area (Å²) >= 11 is 0. The van der Waals surface area contributed by atoms with Crippen LogP contribution in [0.15, 0.2) is 46.3 Å². The maximum Gasteiger partial charge on any atom is 0.290 e. The van der Waals surface area contributed by atoms with Gasteiger partial charge in [-0.05, 0) is 30.3 Å². The second-order valence-electron chi connectivity index (χ2n) is 4.73. The predicted octanol–water partition coefficient (Wildman–Crippen LogP) is -0.611. The highest BCUT2D eigenvalue weighted by molar-refractivity contribution is 7.91. The van der Waals surface area contributed by atoms with Crippen LogP contribution < -0.4 is 16.6 Å². The van der Waals surface area contributed by atoms with Crippen molar-refractivity contribution in [2.45, 2.75) is 9.79 Å². The van der Waals surface area contributed by atoms with Crippen LogP contribution in [-0.2, 0) is 14.6 Å². The fraction of sp³-hybridized carbons (Fsp3) is 0.0714. The molecule has 0 fully saturated rings. The van der Waals surface area contributed by atoms with Gasteiger partial charge in [-0.25, -0.2) is 17.8 Å². The molecule has 2 amide bonds. The molecule has 1 aromatic heterocycles. The third-order valence-electron chi connectivity index (χ3n) is 3.00. The highest BCUT2D eigenvalue weighted by atomic mass is 32.2. The fourth-order valence-corrected chi connectivity index (χ4v) is 3.01. The molecule has 0 unspecified atom stereocenters. The van der Waals surface area contributed by atoms with Crippen LogP contribution in [0.2, 0.25) is 0 Å². The predicted molar refractivity (Wildman–Crippen MR) is 83.2 cm³/mol. The Balaban J connectivity index is 2.28. The maximum atomic E-state index is 12.9. The molecule has 132 valence electrons. The molecule has 0 radical (unpaired) electrons. The van der Waals surface area contributed by atoms with Gasteiger partial charge in [-0.2, -0.15) is 0 Å². The largest absolute Gasteiger partial charge is 0.397 e. The van der Waals surface area contributed by atoms with E-state index < -0.39 is 34.1 Å². The van der Waals surface area contributed by atoms with E-state index in [0.717, 1.165) is 36.5 Å². The number of hydrazine groups is 1. The van der Waals surface area contributed by atoms with Crippen molar-refractivity contribution >= 4 is 27.3 Å². The Bertz CT molecular complexity index is 915. The quantitative estimate of drug-likeness (QED) is 0.415. The molecule has 1 aromatic carbocycles. The number of hydrogen-bond donors (Lipinski definition) is 4. The van der Waals surface area contributed by atoms with Crippen molar-refractivity contribution in [3.05, 3.63) is 48.0 Å². The van der Waals surface area contributed by atoms with E-state index in [1.165, 1.54) is 0 Å². The summed E-state index contributed by atoms with van der Waals surface area (Å²) in [4.78, 5) is 25.9. The lowest BCUT2D eigenvalue weighted by molar-refractivity contribution is -0.124. The van der Waals surface area contributed by atoms with Gasteiger partial charge in [-0.3, -0.25) is 20.4 Å². The minimum atomic E-state index is -3.99. The van der Waals surface area contributed by atoms with Gasteiger partial charge >= 0.3 is 0 Å². The van der Waals surface area contributed by atoms with Crippen molar-refractivity contribution < 1.29 is 27.5 Å². The number of sulfone groups is 1. The smallest absolute Gasteiger partial charge is 0.290 e. The van der Waals surface area contributed by atoms with E-state index in [4.69, 9.17) is 10.8 Å². The monoisotopic (exact) mass is 368 g/mol. The van der Waals surface area contributed by atoms with E-state index in [-0.39, 0.29) is 21.2 Å². The number of nitrogens with two attached hydrogens (primary N) is 1. The molecule has 0 bridgehead atoms. The van der Waals surface area contributed by atoms with Gasteiger partial charge in [0.15, 0.2) is 5.69 Å². The molecule has 2 aromatic rings. The number of aliphatic hydroxyl groups excluding tert-OH is 1. The minimum Gasteiger partial charge on any atom is -0.397 e. The Labute approximate surface area is 141 Å². The van der Waals surface area contributed by atoms with Gasteiger partial charge in [0.25, 0.3) is 11.8 Å². The van der Waals surface area contributed by atoms with E-state index in [0.29, 0.717) is 0 Å². The summed E-state index contributed by atoms with van der Waals surface area (Å²) in [6, 6.07) is 5.19. The lowest BCUT2D eigenvalue weighted by atomic mass is 10.3. The summed E-state index contributed by atoms with van der Waals surface area (Å²) in [5, 5.41) is 8.53. The van der Waals surface area contributed by atoms with Gasteiger partial charge in [0.1, 0.15) is 12.4 Å².